The number of carbonyl (C=O) groups excluding carboxylic acids is 2. The number of hydrogen-bond acceptors (Lipinski definition) is 4. The molecule has 1 aromatic carbocycles. The Balaban J connectivity index is 1.77. The molecule has 2 amide bonds. The molecule has 138 valence electrons. The number of anilines is 1. The molecule has 0 saturated heterocycles. The Kier molecular flexibility index (Phi) is 5.16. The summed E-state index contributed by atoms with van der Waals surface area (Å²) in [5.41, 5.74) is 1.91. The Labute approximate surface area is 154 Å². The maximum absolute atomic E-state index is 12.5. The fourth-order valence-electron chi connectivity index (χ4n) is 2.78. The largest absolute Gasteiger partial charge is 0.480 e. The van der Waals surface area contributed by atoms with Crippen molar-refractivity contribution < 1.29 is 19.5 Å². The van der Waals surface area contributed by atoms with Crippen molar-refractivity contribution in [3.05, 3.63) is 59.9 Å². The van der Waals surface area contributed by atoms with Crippen molar-refractivity contribution in [3.63, 3.8) is 0 Å². The lowest BCUT2D eigenvalue weighted by molar-refractivity contribution is -0.139. The topological polar surface area (TPSA) is 124 Å². The first-order chi connectivity index (χ1) is 12.9. The van der Waals surface area contributed by atoms with Gasteiger partial charge in [0.05, 0.1) is 0 Å². The summed E-state index contributed by atoms with van der Waals surface area (Å²) < 4.78 is 0. The predicted octanol–water partition coefficient (Wildman–Crippen LogP) is 1.95. The molecule has 3 rings (SSSR count). The quantitative estimate of drug-likeness (QED) is 0.531. The molecule has 8 nitrogen and oxygen atoms in total. The van der Waals surface area contributed by atoms with Gasteiger partial charge in [-0.1, -0.05) is 18.2 Å². The van der Waals surface area contributed by atoms with E-state index >= 15 is 0 Å². The van der Waals surface area contributed by atoms with Gasteiger partial charge in [-0.15, -0.1) is 0 Å². The number of nitrogens with one attached hydrogen (secondary N) is 3. The summed E-state index contributed by atoms with van der Waals surface area (Å²) in [5, 5.41) is 15.4. The molecule has 8 heteroatoms. The van der Waals surface area contributed by atoms with E-state index in [1.54, 1.807) is 6.20 Å². The van der Waals surface area contributed by atoms with Crippen molar-refractivity contribution in [2.45, 2.75) is 19.4 Å². The van der Waals surface area contributed by atoms with E-state index in [0.29, 0.717) is 0 Å². The van der Waals surface area contributed by atoms with Crippen LogP contribution >= 0.6 is 0 Å². The highest BCUT2D eigenvalue weighted by Crippen LogP contribution is 2.19. The van der Waals surface area contributed by atoms with E-state index in [1.165, 1.54) is 25.3 Å². The minimum atomic E-state index is -1.13. The van der Waals surface area contributed by atoms with Gasteiger partial charge in [-0.05, 0) is 23.8 Å². The van der Waals surface area contributed by atoms with Gasteiger partial charge in [0, 0.05) is 42.2 Å². The van der Waals surface area contributed by atoms with Crippen LogP contribution in [0.15, 0.2) is 48.8 Å². The Morgan fingerprint density at radius 2 is 2.00 bits per heavy atom. The number of benzene rings is 1. The third-order valence-corrected chi connectivity index (χ3v) is 4.03. The van der Waals surface area contributed by atoms with E-state index < -0.39 is 17.9 Å². The molecule has 0 fully saturated rings. The molecule has 1 unspecified atom stereocenters. The molecule has 27 heavy (non-hydrogen) atoms. The normalized spacial score (nSPS) is 11.7. The lowest BCUT2D eigenvalue weighted by atomic mass is 10.0. The molecule has 4 N–H and O–H groups in total. The van der Waals surface area contributed by atoms with Crippen LogP contribution in [-0.2, 0) is 16.0 Å². The number of rotatable bonds is 6. The summed E-state index contributed by atoms with van der Waals surface area (Å²) in [6, 6.07) is 9.28. The zero-order valence-corrected chi connectivity index (χ0v) is 14.5. The monoisotopic (exact) mass is 366 g/mol. The Hall–Kier alpha value is -3.68. The lowest BCUT2D eigenvalue weighted by Crippen LogP contribution is -2.42. The summed E-state index contributed by atoms with van der Waals surface area (Å²) in [4.78, 5) is 42.3. The predicted molar refractivity (Wildman–Crippen MR) is 99.4 cm³/mol. The minimum absolute atomic E-state index is 0.134. The highest BCUT2D eigenvalue weighted by molar-refractivity contribution is 5.98. The maximum atomic E-state index is 12.5. The van der Waals surface area contributed by atoms with Gasteiger partial charge in [0.2, 0.25) is 5.91 Å². The van der Waals surface area contributed by atoms with Crippen LogP contribution in [-0.4, -0.2) is 38.9 Å². The van der Waals surface area contributed by atoms with Gasteiger partial charge < -0.3 is 20.7 Å². The molecule has 3 aromatic rings. The first-order valence-corrected chi connectivity index (χ1v) is 8.26. The molecule has 0 aliphatic rings. The molecule has 0 aliphatic heterocycles. The van der Waals surface area contributed by atoms with E-state index in [2.05, 4.69) is 20.6 Å². The summed E-state index contributed by atoms with van der Waals surface area (Å²) in [6.45, 7) is 1.33. The van der Waals surface area contributed by atoms with E-state index in [1.807, 2.05) is 24.3 Å². The van der Waals surface area contributed by atoms with E-state index in [9.17, 15) is 19.5 Å². The lowest BCUT2D eigenvalue weighted by Gasteiger charge is -2.14. The molecule has 0 bridgehead atoms. The van der Waals surface area contributed by atoms with Crippen LogP contribution in [0.3, 0.4) is 0 Å². The van der Waals surface area contributed by atoms with Crippen LogP contribution in [0.4, 0.5) is 5.82 Å². The van der Waals surface area contributed by atoms with Gasteiger partial charge >= 0.3 is 5.97 Å². The average Bonchev–Trinajstić information content (AvgIpc) is 3.04. The van der Waals surface area contributed by atoms with Crippen LogP contribution < -0.4 is 10.6 Å². The second-order valence-corrected chi connectivity index (χ2v) is 6.04. The number of para-hydroxylation sites is 1. The standard InChI is InChI=1S/C19H18N4O4/c1-11(24)22-17-9-12(6-7-20-17)18(25)23-16(19(26)27)8-13-10-21-15-5-3-2-4-14(13)15/h2-7,9-10,16,21H,8H2,1H3,(H,23,25)(H,26,27)(H,20,22,24). The number of pyridine rings is 1. The van der Waals surface area contributed by atoms with Gasteiger partial charge in [-0.25, -0.2) is 9.78 Å². The third kappa shape index (κ3) is 4.30. The highest BCUT2D eigenvalue weighted by Gasteiger charge is 2.22. The molecule has 2 heterocycles. The first kappa shape index (κ1) is 18.1. The Bertz CT molecular complexity index is 1010. The van der Waals surface area contributed by atoms with Crippen molar-refractivity contribution >= 4 is 34.5 Å². The molecule has 0 spiro atoms. The number of carboxylic acid groups (broad SMARTS) is 1. The molecule has 0 aliphatic carbocycles. The maximum Gasteiger partial charge on any atom is 0.326 e. The molecule has 2 aromatic heterocycles. The summed E-state index contributed by atoms with van der Waals surface area (Å²) in [7, 11) is 0. The summed E-state index contributed by atoms with van der Waals surface area (Å²) >= 11 is 0. The van der Waals surface area contributed by atoms with Gasteiger partial charge in [-0.2, -0.15) is 0 Å². The zero-order valence-electron chi connectivity index (χ0n) is 14.5. The van der Waals surface area contributed by atoms with Gasteiger partial charge in [0.15, 0.2) is 0 Å². The number of aliphatic carboxylic acids is 1. The number of amides is 2. The summed E-state index contributed by atoms with van der Waals surface area (Å²) in [5.74, 6) is -1.79. The van der Waals surface area contributed by atoms with Crippen LogP contribution in [0, 0.1) is 0 Å². The Morgan fingerprint density at radius 3 is 2.74 bits per heavy atom. The number of hydrogen-bond donors (Lipinski definition) is 4. The average molecular weight is 366 g/mol. The molecule has 1 atom stereocenters. The number of carbonyl (C=O) groups is 3. The van der Waals surface area contributed by atoms with Gasteiger partial charge in [0.1, 0.15) is 11.9 Å². The van der Waals surface area contributed by atoms with Gasteiger partial charge in [-0.3, -0.25) is 9.59 Å². The van der Waals surface area contributed by atoms with E-state index in [4.69, 9.17) is 0 Å². The highest BCUT2D eigenvalue weighted by atomic mass is 16.4. The summed E-state index contributed by atoms with van der Waals surface area (Å²) in [6.07, 6.45) is 3.25. The van der Waals surface area contributed by atoms with Crippen molar-refractivity contribution in [1.82, 2.24) is 15.3 Å². The second kappa shape index (κ2) is 7.69. The fourth-order valence-corrected chi connectivity index (χ4v) is 2.78. The van der Waals surface area contributed by atoms with Crippen LogP contribution in [0.2, 0.25) is 0 Å². The molecule has 0 radical (unpaired) electrons. The van der Waals surface area contributed by atoms with E-state index in [-0.39, 0.29) is 23.7 Å². The zero-order chi connectivity index (χ0) is 19.4. The molecule has 0 saturated carbocycles. The SMILES string of the molecule is CC(=O)Nc1cc(C(=O)NC(Cc2c[nH]c3ccccc23)C(=O)O)ccn1. The van der Waals surface area contributed by atoms with Crippen LogP contribution in [0.5, 0.6) is 0 Å². The molecular formula is C19H18N4O4. The Morgan fingerprint density at radius 1 is 1.22 bits per heavy atom. The van der Waals surface area contributed by atoms with Crippen LogP contribution in [0.1, 0.15) is 22.8 Å². The first-order valence-electron chi connectivity index (χ1n) is 8.26. The van der Waals surface area contributed by atoms with Crippen LogP contribution in [0.25, 0.3) is 10.9 Å². The number of carboxylic acids is 1. The minimum Gasteiger partial charge on any atom is -0.480 e. The number of aromatic nitrogens is 2. The van der Waals surface area contributed by atoms with E-state index in [0.717, 1.165) is 16.5 Å². The van der Waals surface area contributed by atoms with Crippen molar-refractivity contribution in [2.75, 3.05) is 5.32 Å². The number of aromatic amines is 1. The third-order valence-electron chi connectivity index (χ3n) is 4.03. The number of fused-ring (bicyclic) bond motifs is 1. The van der Waals surface area contributed by atoms with Crippen molar-refractivity contribution in [2.24, 2.45) is 0 Å². The second-order valence-electron chi connectivity index (χ2n) is 6.04. The number of H-pyrrole nitrogens is 1. The van der Waals surface area contributed by atoms with Crippen molar-refractivity contribution in [1.29, 1.82) is 0 Å². The smallest absolute Gasteiger partial charge is 0.326 e. The van der Waals surface area contributed by atoms with Gasteiger partial charge in [0.25, 0.3) is 5.91 Å². The number of nitrogens with zero attached hydrogens (tertiary/aromatic N) is 1. The molecular weight excluding hydrogens is 348 g/mol. The fraction of sp³-hybridized carbons (Fsp3) is 0.158. The van der Waals surface area contributed by atoms with Crippen molar-refractivity contribution in [3.8, 4) is 0 Å².